The van der Waals surface area contributed by atoms with Crippen LogP contribution >= 0.6 is 0 Å². The topological polar surface area (TPSA) is 177 Å². The van der Waals surface area contributed by atoms with Crippen LogP contribution in [0.4, 0.5) is 20.3 Å². The van der Waals surface area contributed by atoms with Gasteiger partial charge in [-0.05, 0) is 141 Å². The van der Waals surface area contributed by atoms with Gasteiger partial charge in [-0.15, -0.1) is 0 Å². The Labute approximate surface area is 429 Å². The van der Waals surface area contributed by atoms with E-state index >= 15 is 8.78 Å². The largest absolute Gasteiger partial charge is 0.508 e. The number of phenols is 1. The van der Waals surface area contributed by atoms with Crippen LogP contribution in [0.15, 0.2) is 48.7 Å². The second-order valence-electron chi connectivity index (χ2n) is 22.8. The van der Waals surface area contributed by atoms with Crippen LogP contribution in [-0.4, -0.2) is 154 Å². The summed E-state index contributed by atoms with van der Waals surface area (Å²) >= 11 is 0. The van der Waals surface area contributed by atoms with E-state index < -0.39 is 23.3 Å². The number of ether oxygens (including phenoxy) is 2. The average molecular weight is 1010 g/mol. The van der Waals surface area contributed by atoms with Crippen LogP contribution in [0.5, 0.6) is 11.8 Å². The number of benzene rings is 3. The first kappa shape index (κ1) is 48.8. The van der Waals surface area contributed by atoms with E-state index in [0.717, 1.165) is 76.5 Å². The Morgan fingerprint density at radius 1 is 0.905 bits per heavy atom. The summed E-state index contributed by atoms with van der Waals surface area (Å²) in [6.45, 7) is 13.3. The van der Waals surface area contributed by atoms with E-state index in [1.165, 1.54) is 50.1 Å². The van der Waals surface area contributed by atoms with Crippen molar-refractivity contribution in [3.8, 4) is 23.0 Å². The van der Waals surface area contributed by atoms with Crippen LogP contribution in [-0.2, 0) is 27.3 Å². The van der Waals surface area contributed by atoms with Gasteiger partial charge < -0.3 is 39.3 Å². The molecule has 1 spiro atoms. The molecule has 3 amide bonds. The molecule has 18 heteroatoms. The fraction of sp³-hybridized carbons (Fsp3) is 0.536. The highest BCUT2D eigenvalue weighted by Gasteiger charge is 2.50. The molecule has 12 rings (SSSR count). The minimum Gasteiger partial charge on any atom is -0.508 e. The summed E-state index contributed by atoms with van der Waals surface area (Å²) in [5.41, 5.74) is 2.40. The Hall–Kier alpha value is -6.08. The van der Waals surface area contributed by atoms with E-state index in [-0.39, 0.29) is 71.2 Å². The summed E-state index contributed by atoms with van der Waals surface area (Å²) in [4.78, 5) is 62.7. The molecule has 390 valence electrons. The summed E-state index contributed by atoms with van der Waals surface area (Å²) in [6, 6.07) is 11.3. The quantitative estimate of drug-likeness (QED) is 0.120. The normalized spacial score (nSPS) is 24.4. The van der Waals surface area contributed by atoms with Crippen molar-refractivity contribution in [3.63, 3.8) is 0 Å². The molecular formula is C56H65F2N9O7. The maximum atomic E-state index is 17.2. The van der Waals surface area contributed by atoms with Crippen molar-refractivity contribution in [2.75, 3.05) is 95.1 Å². The molecule has 7 aliphatic rings. The molecule has 0 bridgehead atoms. The smallest absolute Gasteiger partial charge is 0.319 e. The molecule has 3 N–H and O–H groups in total. The number of hydrogen-bond donors (Lipinski definition) is 3. The van der Waals surface area contributed by atoms with Crippen LogP contribution in [0.2, 0.25) is 0 Å². The monoisotopic (exact) mass is 1010 g/mol. The van der Waals surface area contributed by atoms with Gasteiger partial charge in [-0.2, -0.15) is 9.97 Å². The van der Waals surface area contributed by atoms with Gasteiger partial charge in [0.15, 0.2) is 5.82 Å². The lowest BCUT2D eigenvalue weighted by atomic mass is 9.57. The number of phenolic OH excluding ortho intramolecular Hbond substituents is 1. The number of likely N-dealkylation sites (tertiary alicyclic amines) is 1. The number of carbonyl (C=O) groups is 3. The van der Waals surface area contributed by atoms with Gasteiger partial charge in [-0.3, -0.25) is 29.6 Å². The number of fused-ring (bicyclic) bond motifs is 3. The number of imide groups is 1. The number of aromatic hydroxyl groups is 1. The minimum atomic E-state index is -1.20. The molecule has 6 fully saturated rings. The van der Waals surface area contributed by atoms with Gasteiger partial charge in [0.25, 0.3) is 5.91 Å². The van der Waals surface area contributed by atoms with Crippen LogP contribution < -0.4 is 19.9 Å². The summed E-state index contributed by atoms with van der Waals surface area (Å²) in [5.74, 6) is -1.00. The first-order chi connectivity index (χ1) is 35.6. The third-order valence-corrected chi connectivity index (χ3v) is 17.3. The average Bonchev–Trinajstić information content (AvgIpc) is 4.12. The molecular weight excluding hydrogens is 949 g/mol. The second kappa shape index (κ2) is 18.9. The maximum Gasteiger partial charge on any atom is 0.319 e. The molecule has 0 radical (unpaired) electrons. The lowest BCUT2D eigenvalue weighted by molar-refractivity contribution is -0.136. The minimum absolute atomic E-state index is 0.0181. The Kier molecular flexibility index (Phi) is 12.5. The summed E-state index contributed by atoms with van der Waals surface area (Å²) in [6.07, 6.45) is 9.39. The van der Waals surface area contributed by atoms with Crippen molar-refractivity contribution in [1.82, 2.24) is 35.0 Å². The zero-order chi connectivity index (χ0) is 51.1. The third-order valence-electron chi connectivity index (χ3n) is 17.3. The number of piperazine rings is 1. The van der Waals surface area contributed by atoms with Gasteiger partial charge in [-0.1, -0.05) is 13.0 Å². The Bertz CT molecular complexity index is 3050. The number of anilines is 2. The van der Waals surface area contributed by atoms with E-state index in [1.807, 2.05) is 24.0 Å². The number of nitrogens with zero attached hydrogens (tertiary/aromatic N) is 8. The number of aromatic nitrogens is 3. The van der Waals surface area contributed by atoms with Crippen molar-refractivity contribution in [2.24, 2.45) is 16.7 Å². The number of pyridine rings is 1. The van der Waals surface area contributed by atoms with Crippen LogP contribution in [0.25, 0.3) is 32.9 Å². The zero-order valence-electron chi connectivity index (χ0n) is 42.3. The highest BCUT2D eigenvalue weighted by atomic mass is 19.1. The van der Waals surface area contributed by atoms with Crippen molar-refractivity contribution in [2.45, 2.75) is 89.8 Å². The molecule has 7 heterocycles. The van der Waals surface area contributed by atoms with E-state index in [0.29, 0.717) is 83.6 Å². The molecule has 16 nitrogen and oxygen atoms in total. The molecule has 2 atom stereocenters. The predicted molar refractivity (Wildman–Crippen MR) is 274 cm³/mol. The Morgan fingerprint density at radius 2 is 1.70 bits per heavy atom. The second-order valence-corrected chi connectivity index (χ2v) is 22.8. The Balaban J connectivity index is 0.665. The number of hydrogen-bond acceptors (Lipinski definition) is 14. The lowest BCUT2D eigenvalue weighted by Crippen LogP contribution is -2.53. The van der Waals surface area contributed by atoms with Gasteiger partial charge in [0.1, 0.15) is 40.2 Å². The highest BCUT2D eigenvalue weighted by molar-refractivity contribution is 6.06. The van der Waals surface area contributed by atoms with Gasteiger partial charge in [0.05, 0.1) is 31.8 Å². The molecule has 4 saturated heterocycles. The Morgan fingerprint density at radius 3 is 2.46 bits per heavy atom. The third kappa shape index (κ3) is 9.29. The molecule has 5 aliphatic heterocycles. The van der Waals surface area contributed by atoms with Crippen LogP contribution in [0, 0.1) is 28.4 Å². The molecule has 1 unspecified atom stereocenters. The lowest BCUT2D eigenvalue weighted by Gasteiger charge is -2.54. The van der Waals surface area contributed by atoms with Gasteiger partial charge in [-0.25, -0.2) is 8.78 Å². The number of piperidine rings is 2. The number of nitrogens with one attached hydrogen (secondary N) is 1. The maximum absolute atomic E-state index is 17.2. The summed E-state index contributed by atoms with van der Waals surface area (Å²) < 4.78 is 44.6. The molecule has 2 saturated carbocycles. The summed E-state index contributed by atoms with van der Waals surface area (Å²) in [5, 5.41) is 25.7. The van der Waals surface area contributed by atoms with Gasteiger partial charge >= 0.3 is 6.01 Å². The van der Waals surface area contributed by atoms with Gasteiger partial charge in [0.2, 0.25) is 11.8 Å². The molecule has 3 aromatic carbocycles. The summed E-state index contributed by atoms with van der Waals surface area (Å²) in [7, 11) is 0. The fourth-order valence-electron chi connectivity index (χ4n) is 13.1. The van der Waals surface area contributed by atoms with Crippen molar-refractivity contribution in [1.29, 1.82) is 0 Å². The fourth-order valence-corrected chi connectivity index (χ4v) is 13.1. The number of β-amino-alcohol motifs (C(OH)–C–C–N with tert-alkyl or cyclic N) is 1. The first-order valence-electron chi connectivity index (χ1n) is 26.6. The number of halogens is 2. The van der Waals surface area contributed by atoms with E-state index in [9.17, 15) is 24.6 Å². The molecule has 2 aliphatic carbocycles. The predicted octanol–water partition coefficient (Wildman–Crippen LogP) is 6.21. The van der Waals surface area contributed by atoms with Gasteiger partial charge in [0, 0.05) is 87.2 Å². The SMILES string of the molecule is CCc1c(F)ccc2cc(O)cc(-c3ncc4c(N5CCOCC(C)(O)C5)nc(OCC5(CN6CCC7(CC6)CC(CN6CCN(c8ccc9c(c8)CN([C@@H]8CCC(=O)NC8=O)C9=O)CC6)C7)CC5)nc4c3F)c12. The van der Waals surface area contributed by atoms with Crippen molar-refractivity contribution >= 4 is 50.9 Å². The number of amides is 3. The van der Waals surface area contributed by atoms with Crippen molar-refractivity contribution in [3.05, 3.63) is 77.0 Å². The van der Waals surface area contributed by atoms with Crippen molar-refractivity contribution < 1.29 is 42.9 Å². The van der Waals surface area contributed by atoms with E-state index in [4.69, 9.17) is 19.4 Å². The van der Waals surface area contributed by atoms with Crippen LogP contribution in [0.3, 0.4) is 0 Å². The number of rotatable bonds is 12. The molecule has 74 heavy (non-hydrogen) atoms. The zero-order valence-corrected chi connectivity index (χ0v) is 42.3. The number of carbonyl (C=O) groups excluding carboxylic acids is 3. The first-order valence-corrected chi connectivity index (χ1v) is 26.6. The molecule has 5 aromatic rings. The van der Waals surface area contributed by atoms with E-state index in [1.54, 1.807) is 17.9 Å². The molecule has 2 aromatic heterocycles. The number of aliphatic hydroxyl groups is 1. The van der Waals surface area contributed by atoms with Crippen LogP contribution in [0.1, 0.15) is 86.7 Å². The van der Waals surface area contributed by atoms with E-state index in [2.05, 4.69) is 31.1 Å². The standard InChI is InChI=1S/C56H65F2N9O7/c1-3-39-43(57)7-4-35-23-38(68)24-41(46(35)39)48-47(58)49-42(27-59-48)50(66-20-21-73-32-54(2,72)30-66)62-53(61-49)74-33-56(10-11-56)31-64-14-12-55(13-15-64)25-34(26-55)28-63-16-18-65(19-17-63)37-5-6-40-36(22-37)29-67(52(40)71)44-8-9-45(69)60-51(44)70/h4-7,22-24,27,34,44,68,72H,3,8-21,25-26,28-33H2,1-2H3,(H,60,69,70)/t44-,54?/m1/s1. The number of aryl methyl sites for hydroxylation is 1. The highest BCUT2D eigenvalue weighted by Crippen LogP contribution is 2.54.